The number of rotatable bonds is 5. The van der Waals surface area contributed by atoms with Gasteiger partial charge in [0.25, 0.3) is 5.91 Å². The van der Waals surface area contributed by atoms with Crippen LogP contribution in [0.2, 0.25) is 0 Å². The van der Waals surface area contributed by atoms with Crippen molar-refractivity contribution in [2.24, 2.45) is 0 Å². The Morgan fingerprint density at radius 3 is 2.93 bits per heavy atom. The molecule has 2 aliphatic rings. The number of hydrogen-bond acceptors (Lipinski definition) is 4. The van der Waals surface area contributed by atoms with Crippen LogP contribution in [0, 0.1) is 0 Å². The Labute approximate surface area is 159 Å². The third-order valence-corrected chi connectivity index (χ3v) is 6.24. The minimum atomic E-state index is -0.515. The number of para-hydroxylation sites is 1. The molecule has 2 N–H and O–H groups in total. The zero-order valence-electron chi connectivity index (χ0n) is 16.1. The standard InChI is InChI=1S/C21H28N4O2/c1-14(12-26)22-19(27)16-8-5-9-17-18(16)24-20(23-17)21(2)10-11-25(13-21)15-6-3-4-7-15/h5,8-9,12,14-15H,3-4,6-7,10-11,13H2,1-2H3,(H,22,27)(H,23,24). The van der Waals surface area contributed by atoms with Crippen molar-refractivity contribution in [1.29, 1.82) is 0 Å². The van der Waals surface area contributed by atoms with Gasteiger partial charge in [0.2, 0.25) is 0 Å². The second-order valence-corrected chi connectivity index (χ2v) is 8.40. The molecular formula is C21H28N4O2. The van der Waals surface area contributed by atoms with E-state index in [-0.39, 0.29) is 11.3 Å². The van der Waals surface area contributed by atoms with Crippen LogP contribution in [-0.4, -0.2) is 52.2 Å². The summed E-state index contributed by atoms with van der Waals surface area (Å²) in [6.45, 7) is 6.07. The van der Waals surface area contributed by atoms with Crippen molar-refractivity contribution in [3.05, 3.63) is 29.6 Å². The second-order valence-electron chi connectivity index (χ2n) is 8.40. The van der Waals surface area contributed by atoms with E-state index in [4.69, 9.17) is 4.98 Å². The zero-order chi connectivity index (χ0) is 19.0. The first-order valence-corrected chi connectivity index (χ1v) is 9.99. The predicted octanol–water partition coefficient (Wildman–Crippen LogP) is 2.79. The van der Waals surface area contributed by atoms with E-state index < -0.39 is 6.04 Å². The number of aromatic amines is 1. The molecule has 2 heterocycles. The van der Waals surface area contributed by atoms with Crippen LogP contribution in [0.3, 0.4) is 0 Å². The molecule has 1 amide bonds. The number of nitrogens with one attached hydrogen (secondary N) is 2. The topological polar surface area (TPSA) is 78.1 Å². The Hall–Kier alpha value is -2.21. The third kappa shape index (κ3) is 3.38. The number of carbonyl (C=O) groups is 2. The summed E-state index contributed by atoms with van der Waals surface area (Å²) >= 11 is 0. The molecule has 2 aromatic rings. The SMILES string of the molecule is CC(C=O)NC(=O)c1cccc2[nH]c(C3(C)CCN(C4CCCC4)C3)nc12. The van der Waals surface area contributed by atoms with Crippen molar-refractivity contribution in [2.75, 3.05) is 13.1 Å². The molecule has 1 saturated carbocycles. The van der Waals surface area contributed by atoms with Gasteiger partial charge in [0.15, 0.2) is 0 Å². The largest absolute Gasteiger partial charge is 0.343 e. The van der Waals surface area contributed by atoms with Crippen molar-refractivity contribution in [2.45, 2.75) is 63.5 Å². The van der Waals surface area contributed by atoms with Crippen molar-refractivity contribution >= 4 is 23.2 Å². The van der Waals surface area contributed by atoms with Gasteiger partial charge in [-0.15, -0.1) is 0 Å². The van der Waals surface area contributed by atoms with Crippen LogP contribution in [-0.2, 0) is 10.2 Å². The molecule has 0 bridgehead atoms. The van der Waals surface area contributed by atoms with Crippen LogP contribution in [0.1, 0.15) is 62.1 Å². The van der Waals surface area contributed by atoms with E-state index in [0.29, 0.717) is 11.1 Å². The Kier molecular flexibility index (Phi) is 4.76. The van der Waals surface area contributed by atoms with Gasteiger partial charge in [0, 0.05) is 18.0 Å². The summed E-state index contributed by atoms with van der Waals surface area (Å²) in [5.74, 6) is 0.698. The van der Waals surface area contributed by atoms with Crippen LogP contribution in [0.25, 0.3) is 11.0 Å². The average Bonchev–Trinajstić information content (AvgIpc) is 3.40. The number of hydrogen-bond donors (Lipinski definition) is 2. The number of H-pyrrole nitrogens is 1. The number of carbonyl (C=O) groups excluding carboxylic acids is 2. The highest BCUT2D eigenvalue weighted by atomic mass is 16.2. The molecule has 144 valence electrons. The quantitative estimate of drug-likeness (QED) is 0.796. The number of aldehydes is 1. The summed E-state index contributed by atoms with van der Waals surface area (Å²) in [6.07, 6.45) is 7.13. The maximum absolute atomic E-state index is 12.5. The van der Waals surface area contributed by atoms with E-state index in [2.05, 4.69) is 22.1 Å². The molecule has 1 aromatic carbocycles. The van der Waals surface area contributed by atoms with E-state index in [0.717, 1.165) is 43.2 Å². The van der Waals surface area contributed by atoms with Crippen molar-refractivity contribution in [3.8, 4) is 0 Å². The minimum absolute atomic E-state index is 0.0224. The summed E-state index contributed by atoms with van der Waals surface area (Å²) in [4.78, 5) is 34.3. The molecule has 27 heavy (non-hydrogen) atoms. The van der Waals surface area contributed by atoms with Crippen LogP contribution in [0.4, 0.5) is 0 Å². The van der Waals surface area contributed by atoms with Gasteiger partial charge in [0.1, 0.15) is 17.6 Å². The monoisotopic (exact) mass is 368 g/mol. The zero-order valence-corrected chi connectivity index (χ0v) is 16.1. The van der Waals surface area contributed by atoms with E-state index in [9.17, 15) is 9.59 Å². The average molecular weight is 368 g/mol. The van der Waals surface area contributed by atoms with E-state index in [1.54, 1.807) is 13.0 Å². The molecule has 2 unspecified atom stereocenters. The number of likely N-dealkylation sites (tertiary alicyclic amines) is 1. The minimum Gasteiger partial charge on any atom is -0.343 e. The second kappa shape index (κ2) is 7.08. The van der Waals surface area contributed by atoms with Gasteiger partial charge in [0.05, 0.1) is 17.1 Å². The first-order chi connectivity index (χ1) is 13.0. The van der Waals surface area contributed by atoms with Gasteiger partial charge in [-0.2, -0.15) is 0 Å². The van der Waals surface area contributed by atoms with Gasteiger partial charge < -0.3 is 15.1 Å². The fourth-order valence-electron chi connectivity index (χ4n) is 4.59. The van der Waals surface area contributed by atoms with Gasteiger partial charge >= 0.3 is 0 Å². The van der Waals surface area contributed by atoms with E-state index in [1.807, 2.05) is 12.1 Å². The lowest BCUT2D eigenvalue weighted by molar-refractivity contribution is -0.109. The number of benzene rings is 1. The van der Waals surface area contributed by atoms with E-state index in [1.165, 1.54) is 25.7 Å². The fraction of sp³-hybridized carbons (Fsp3) is 0.571. The lowest BCUT2D eigenvalue weighted by Gasteiger charge is -2.26. The Bertz CT molecular complexity index is 855. The normalized spacial score (nSPS) is 25.1. The predicted molar refractivity (Wildman–Crippen MR) is 105 cm³/mol. The van der Waals surface area contributed by atoms with Gasteiger partial charge in [-0.25, -0.2) is 4.98 Å². The molecule has 1 aromatic heterocycles. The Morgan fingerprint density at radius 1 is 1.41 bits per heavy atom. The number of fused-ring (bicyclic) bond motifs is 1. The van der Waals surface area contributed by atoms with Gasteiger partial charge in [-0.1, -0.05) is 25.8 Å². The van der Waals surface area contributed by atoms with Crippen LogP contribution < -0.4 is 5.32 Å². The molecule has 1 saturated heterocycles. The number of amides is 1. The molecule has 6 heteroatoms. The van der Waals surface area contributed by atoms with Crippen LogP contribution >= 0.6 is 0 Å². The first-order valence-electron chi connectivity index (χ1n) is 9.99. The fourth-order valence-corrected chi connectivity index (χ4v) is 4.59. The molecule has 1 aliphatic carbocycles. The van der Waals surface area contributed by atoms with Crippen molar-refractivity contribution < 1.29 is 9.59 Å². The molecular weight excluding hydrogens is 340 g/mol. The summed E-state index contributed by atoms with van der Waals surface area (Å²) < 4.78 is 0. The third-order valence-electron chi connectivity index (χ3n) is 6.24. The molecule has 6 nitrogen and oxygen atoms in total. The smallest absolute Gasteiger partial charge is 0.254 e. The lowest BCUT2D eigenvalue weighted by Crippen LogP contribution is -2.35. The maximum atomic E-state index is 12.5. The van der Waals surface area contributed by atoms with Gasteiger partial charge in [-0.05, 0) is 44.9 Å². The molecule has 0 spiro atoms. The molecule has 4 rings (SSSR count). The molecule has 0 radical (unpaired) electrons. The summed E-state index contributed by atoms with van der Waals surface area (Å²) in [5, 5.41) is 2.70. The first kappa shape index (κ1) is 18.2. The Balaban J connectivity index is 1.61. The van der Waals surface area contributed by atoms with E-state index >= 15 is 0 Å². The Morgan fingerprint density at radius 2 is 2.19 bits per heavy atom. The highest BCUT2D eigenvalue weighted by molar-refractivity contribution is 6.05. The number of aromatic nitrogens is 2. The molecule has 2 atom stereocenters. The van der Waals surface area contributed by atoms with Crippen LogP contribution in [0.15, 0.2) is 18.2 Å². The molecule has 2 fully saturated rings. The summed E-state index contributed by atoms with van der Waals surface area (Å²) in [7, 11) is 0. The molecule has 1 aliphatic heterocycles. The highest BCUT2D eigenvalue weighted by Crippen LogP contribution is 2.37. The summed E-state index contributed by atoms with van der Waals surface area (Å²) in [5.41, 5.74) is 2.05. The van der Waals surface area contributed by atoms with Gasteiger partial charge in [-0.3, -0.25) is 9.69 Å². The number of imidazole rings is 1. The van der Waals surface area contributed by atoms with Crippen LogP contribution in [0.5, 0.6) is 0 Å². The maximum Gasteiger partial charge on any atom is 0.254 e. The highest BCUT2D eigenvalue weighted by Gasteiger charge is 2.40. The summed E-state index contributed by atoms with van der Waals surface area (Å²) in [6, 6.07) is 5.79. The number of nitrogens with zero attached hydrogens (tertiary/aromatic N) is 2. The van der Waals surface area contributed by atoms with Crippen molar-refractivity contribution in [3.63, 3.8) is 0 Å². The van der Waals surface area contributed by atoms with Crippen molar-refractivity contribution in [1.82, 2.24) is 20.2 Å². The lowest BCUT2D eigenvalue weighted by atomic mass is 9.89.